The molecule has 0 bridgehead atoms. The maximum Gasteiger partial charge on any atom is 0.164 e. The smallest absolute Gasteiger partial charge is 0.164 e. The lowest BCUT2D eigenvalue weighted by atomic mass is 9.98. The number of rotatable bonds is 8. The van der Waals surface area contributed by atoms with Gasteiger partial charge in [0.1, 0.15) is 22.3 Å². The van der Waals surface area contributed by atoms with E-state index in [1.807, 2.05) is 91.0 Å². The third kappa shape index (κ3) is 6.49. The summed E-state index contributed by atoms with van der Waals surface area (Å²) in [6.45, 7) is 0. The van der Waals surface area contributed by atoms with Gasteiger partial charge < -0.3 is 13.7 Å². The summed E-state index contributed by atoms with van der Waals surface area (Å²) in [7, 11) is 0. The highest BCUT2D eigenvalue weighted by molar-refractivity contribution is 6.14. The van der Waals surface area contributed by atoms with Crippen molar-refractivity contribution in [1.82, 2.24) is 15.0 Å². The number of furan rings is 2. The van der Waals surface area contributed by atoms with Crippen molar-refractivity contribution < 1.29 is 8.83 Å². The minimum atomic E-state index is 0.529. The molecule has 0 saturated heterocycles. The van der Waals surface area contributed by atoms with Crippen LogP contribution in [0, 0.1) is 0 Å². The molecular formula is C57H36N4O2. The van der Waals surface area contributed by atoms with Gasteiger partial charge in [0.15, 0.2) is 17.5 Å². The first-order chi connectivity index (χ1) is 31.2. The van der Waals surface area contributed by atoms with Crippen LogP contribution in [0.15, 0.2) is 227 Å². The Morgan fingerprint density at radius 2 is 0.762 bits per heavy atom. The molecule has 0 radical (unpaired) electrons. The predicted octanol–water partition coefficient (Wildman–Crippen LogP) is 15.5. The van der Waals surface area contributed by atoms with Crippen molar-refractivity contribution in [3.8, 4) is 56.4 Å². The molecule has 63 heavy (non-hydrogen) atoms. The Hall–Kier alpha value is -8.61. The zero-order chi connectivity index (χ0) is 41.7. The second kappa shape index (κ2) is 15.1. The molecule has 6 heteroatoms. The van der Waals surface area contributed by atoms with E-state index >= 15 is 0 Å². The molecule has 12 aromatic rings. The van der Waals surface area contributed by atoms with E-state index in [2.05, 4.69) is 132 Å². The van der Waals surface area contributed by atoms with Gasteiger partial charge in [-0.1, -0.05) is 158 Å². The molecule has 0 atom stereocenters. The maximum absolute atomic E-state index is 6.74. The zero-order valence-electron chi connectivity index (χ0n) is 33.9. The first-order valence-electron chi connectivity index (χ1n) is 21.0. The molecule has 0 fully saturated rings. The number of hydrogen-bond acceptors (Lipinski definition) is 6. The highest BCUT2D eigenvalue weighted by Crippen LogP contribution is 2.45. The summed E-state index contributed by atoms with van der Waals surface area (Å²) in [6, 6.07) is 75.1. The molecule has 296 valence electrons. The van der Waals surface area contributed by atoms with Crippen molar-refractivity contribution in [3.05, 3.63) is 218 Å². The van der Waals surface area contributed by atoms with Crippen LogP contribution in [0.25, 0.3) is 100 Å². The van der Waals surface area contributed by atoms with Gasteiger partial charge in [0.2, 0.25) is 0 Å². The Morgan fingerprint density at radius 3 is 1.48 bits per heavy atom. The quantitative estimate of drug-likeness (QED) is 0.152. The first kappa shape index (κ1) is 36.3. The molecule has 0 spiro atoms. The van der Waals surface area contributed by atoms with Crippen molar-refractivity contribution in [3.63, 3.8) is 0 Å². The van der Waals surface area contributed by atoms with Gasteiger partial charge in [-0.2, -0.15) is 0 Å². The third-order valence-corrected chi connectivity index (χ3v) is 11.7. The van der Waals surface area contributed by atoms with Crippen molar-refractivity contribution in [2.75, 3.05) is 4.90 Å². The van der Waals surface area contributed by atoms with Crippen molar-refractivity contribution in [2.45, 2.75) is 0 Å². The van der Waals surface area contributed by atoms with Crippen LogP contribution in [0.5, 0.6) is 0 Å². The molecule has 0 unspecified atom stereocenters. The van der Waals surface area contributed by atoms with Crippen molar-refractivity contribution in [1.29, 1.82) is 0 Å². The Balaban J connectivity index is 1.10. The van der Waals surface area contributed by atoms with Crippen LogP contribution >= 0.6 is 0 Å². The molecule has 9 aromatic carbocycles. The van der Waals surface area contributed by atoms with E-state index in [0.717, 1.165) is 88.8 Å². The predicted molar refractivity (Wildman–Crippen MR) is 256 cm³/mol. The molecule has 0 aliphatic carbocycles. The van der Waals surface area contributed by atoms with Crippen LogP contribution in [0.1, 0.15) is 0 Å². The van der Waals surface area contributed by atoms with Crippen molar-refractivity contribution >= 4 is 60.9 Å². The fourth-order valence-corrected chi connectivity index (χ4v) is 8.80. The Morgan fingerprint density at radius 1 is 0.286 bits per heavy atom. The van der Waals surface area contributed by atoms with Crippen LogP contribution < -0.4 is 4.90 Å². The number of para-hydroxylation sites is 3. The van der Waals surface area contributed by atoms with Gasteiger partial charge in [0.25, 0.3) is 0 Å². The number of hydrogen-bond donors (Lipinski definition) is 0. The molecule has 3 heterocycles. The fourth-order valence-electron chi connectivity index (χ4n) is 8.80. The first-order valence-corrected chi connectivity index (χ1v) is 21.0. The largest absolute Gasteiger partial charge is 0.456 e. The molecule has 0 aliphatic rings. The van der Waals surface area contributed by atoms with Crippen LogP contribution in [0.3, 0.4) is 0 Å². The van der Waals surface area contributed by atoms with Gasteiger partial charge in [-0.05, 0) is 76.9 Å². The number of aromatic nitrogens is 3. The second-order valence-corrected chi connectivity index (χ2v) is 15.6. The van der Waals surface area contributed by atoms with E-state index < -0.39 is 0 Å². The fraction of sp³-hybridized carbons (Fsp3) is 0. The van der Waals surface area contributed by atoms with Gasteiger partial charge in [-0.15, -0.1) is 0 Å². The van der Waals surface area contributed by atoms with Gasteiger partial charge in [-0.3, -0.25) is 0 Å². The molecule has 0 saturated carbocycles. The van der Waals surface area contributed by atoms with E-state index in [1.165, 1.54) is 11.1 Å². The molecule has 6 nitrogen and oxygen atoms in total. The Kier molecular flexibility index (Phi) is 8.71. The average molecular weight is 809 g/mol. The lowest BCUT2D eigenvalue weighted by molar-refractivity contribution is 0.668. The normalized spacial score (nSPS) is 11.5. The molecule has 0 amide bonds. The number of anilines is 3. The third-order valence-electron chi connectivity index (χ3n) is 11.7. The maximum atomic E-state index is 6.74. The minimum Gasteiger partial charge on any atom is -0.456 e. The van der Waals surface area contributed by atoms with E-state index in [9.17, 15) is 0 Å². The standard InChI is InChI=1S/C57H36N4O2/c1-4-17-37(18-5-1)39-21-14-22-40(33-39)41-23-15-26-43(34-41)61(42-24-8-3-9-25-42)44-35-48(54-46-28-11-13-31-50(46)63-52(54)36-44)57-59-55(38-19-6-2-7-20-38)58-56(60-57)47-29-16-32-51-53(47)45-27-10-12-30-49(45)62-51/h1-36H. The molecule has 0 aliphatic heterocycles. The van der Waals surface area contributed by atoms with Gasteiger partial charge in [-0.25, -0.2) is 15.0 Å². The molecular weight excluding hydrogens is 773 g/mol. The van der Waals surface area contributed by atoms with Crippen molar-refractivity contribution in [2.24, 2.45) is 0 Å². The lowest BCUT2D eigenvalue weighted by Gasteiger charge is -2.26. The SMILES string of the molecule is c1ccc(-c2cccc(-c3cccc(N(c4ccccc4)c4cc(-c5nc(-c6ccccc6)nc(-c6cccc7oc8ccccc8c67)n5)c5c(c4)oc4ccccc45)c3)c2)cc1. The second-order valence-electron chi connectivity index (χ2n) is 15.6. The molecule has 0 N–H and O–H groups in total. The van der Waals surface area contributed by atoms with Crippen LogP contribution in [-0.2, 0) is 0 Å². The summed E-state index contributed by atoms with van der Waals surface area (Å²) >= 11 is 0. The van der Waals surface area contributed by atoms with E-state index in [0.29, 0.717) is 17.5 Å². The van der Waals surface area contributed by atoms with Crippen LogP contribution in [0.4, 0.5) is 17.1 Å². The lowest BCUT2D eigenvalue weighted by Crippen LogP contribution is -2.10. The number of fused-ring (bicyclic) bond motifs is 6. The monoisotopic (exact) mass is 808 g/mol. The minimum absolute atomic E-state index is 0.529. The highest BCUT2D eigenvalue weighted by Gasteiger charge is 2.24. The summed E-state index contributed by atoms with van der Waals surface area (Å²) in [5.41, 5.74) is 13.1. The highest BCUT2D eigenvalue weighted by atomic mass is 16.3. The average Bonchev–Trinajstić information content (AvgIpc) is 3.93. The van der Waals surface area contributed by atoms with E-state index in [1.54, 1.807) is 0 Å². The van der Waals surface area contributed by atoms with E-state index in [4.69, 9.17) is 23.8 Å². The van der Waals surface area contributed by atoms with Gasteiger partial charge >= 0.3 is 0 Å². The Labute approximate surface area is 363 Å². The summed E-state index contributed by atoms with van der Waals surface area (Å²) in [6.07, 6.45) is 0. The number of benzene rings is 9. The topological polar surface area (TPSA) is 68.2 Å². The van der Waals surface area contributed by atoms with Crippen LogP contribution in [-0.4, -0.2) is 15.0 Å². The molecule has 3 aromatic heterocycles. The van der Waals surface area contributed by atoms with Crippen LogP contribution in [0.2, 0.25) is 0 Å². The summed E-state index contributed by atoms with van der Waals surface area (Å²) in [4.78, 5) is 18.1. The summed E-state index contributed by atoms with van der Waals surface area (Å²) in [5, 5.41) is 3.87. The Bertz CT molecular complexity index is 3640. The van der Waals surface area contributed by atoms with Gasteiger partial charge in [0.05, 0.1) is 5.69 Å². The summed E-state index contributed by atoms with van der Waals surface area (Å²) < 4.78 is 13.1. The number of nitrogens with zero attached hydrogens (tertiary/aromatic N) is 4. The zero-order valence-corrected chi connectivity index (χ0v) is 33.9. The van der Waals surface area contributed by atoms with E-state index in [-0.39, 0.29) is 0 Å². The summed E-state index contributed by atoms with van der Waals surface area (Å²) in [5.74, 6) is 1.64. The van der Waals surface area contributed by atoms with Gasteiger partial charge in [0, 0.05) is 55.7 Å². The molecule has 12 rings (SSSR count).